The Morgan fingerprint density at radius 3 is 1.98 bits per heavy atom. The Balaban J connectivity index is 1.52. The molecule has 260 valence electrons. The lowest BCUT2D eigenvalue weighted by Crippen LogP contribution is -2.42. The highest BCUT2D eigenvalue weighted by Crippen LogP contribution is 2.33. The van der Waals surface area contributed by atoms with Crippen LogP contribution in [0, 0.1) is 10.8 Å². The Morgan fingerprint density at radius 2 is 1.45 bits per heavy atom. The van der Waals surface area contributed by atoms with Crippen LogP contribution in [0.5, 0.6) is 5.88 Å². The number of carboxylic acids is 1. The SMILES string of the molecule is CC(OCCCCCCCCCCCC(C)(C)C)n1cc(C(F)(F)F)nc1-c1ccc(-c2ccc(OCC(C)(C)C(=O)[O-])nc2)nc1. The van der Waals surface area contributed by atoms with Crippen LogP contribution in [0.4, 0.5) is 13.2 Å². The molecule has 11 heteroatoms. The number of aromatic nitrogens is 4. The maximum Gasteiger partial charge on any atom is 0.434 e. The molecule has 0 aliphatic carbocycles. The molecule has 0 radical (unpaired) electrons. The molecule has 0 amide bonds. The number of imidazole rings is 1. The van der Waals surface area contributed by atoms with Gasteiger partial charge in [0.25, 0.3) is 0 Å². The van der Waals surface area contributed by atoms with Crippen molar-refractivity contribution in [2.75, 3.05) is 13.2 Å². The summed E-state index contributed by atoms with van der Waals surface area (Å²) in [6.07, 6.45) is 10.6. The second-order valence-corrected chi connectivity index (χ2v) is 14.1. The molecule has 0 N–H and O–H groups in total. The third kappa shape index (κ3) is 12.6. The number of carboxylic acid groups (broad SMARTS) is 1. The molecule has 0 aromatic carbocycles. The summed E-state index contributed by atoms with van der Waals surface area (Å²) in [5, 5.41) is 11.2. The monoisotopic (exact) mass is 659 g/mol. The van der Waals surface area contributed by atoms with E-state index in [0.717, 1.165) is 25.5 Å². The van der Waals surface area contributed by atoms with Gasteiger partial charge in [-0.25, -0.2) is 9.97 Å². The zero-order valence-corrected chi connectivity index (χ0v) is 28.7. The zero-order chi connectivity index (χ0) is 34.7. The number of aliphatic carboxylic acids is 1. The standard InChI is InChI=1S/C36H51F3N4O4/c1-26(46-21-15-13-11-9-7-8-10-12-14-20-34(2,3)4)43-24-30(36(37,38)39)42-32(43)28-16-18-29(40-23-28)27-17-19-31(41-22-27)47-25-35(5,6)33(44)45/h16-19,22-24,26H,7-15,20-21,25H2,1-6H3,(H,44,45)/p-1. The molecule has 1 atom stereocenters. The molecular formula is C36H50F3N4O4-. The second-order valence-electron chi connectivity index (χ2n) is 14.1. The molecule has 3 rings (SSSR count). The lowest BCUT2D eigenvalue weighted by atomic mass is 9.89. The van der Waals surface area contributed by atoms with E-state index in [1.807, 2.05) is 0 Å². The summed E-state index contributed by atoms with van der Waals surface area (Å²) in [5.74, 6) is -0.868. The van der Waals surface area contributed by atoms with Crippen molar-refractivity contribution in [1.82, 2.24) is 19.5 Å². The van der Waals surface area contributed by atoms with Gasteiger partial charge in [-0.2, -0.15) is 13.2 Å². The number of carbonyl (C=O) groups excluding carboxylic acids is 1. The molecular weight excluding hydrogens is 609 g/mol. The minimum Gasteiger partial charge on any atom is -0.549 e. The van der Waals surface area contributed by atoms with E-state index in [1.165, 1.54) is 75.8 Å². The summed E-state index contributed by atoms with van der Waals surface area (Å²) in [7, 11) is 0. The highest BCUT2D eigenvalue weighted by Gasteiger charge is 2.35. The topological polar surface area (TPSA) is 102 Å². The number of ether oxygens (including phenoxy) is 2. The van der Waals surface area contributed by atoms with Gasteiger partial charge in [-0.05, 0) is 43.4 Å². The van der Waals surface area contributed by atoms with Gasteiger partial charge in [0.15, 0.2) is 5.69 Å². The summed E-state index contributed by atoms with van der Waals surface area (Å²) >= 11 is 0. The lowest BCUT2D eigenvalue weighted by molar-refractivity contribution is -0.318. The molecule has 47 heavy (non-hydrogen) atoms. The third-order valence-electron chi connectivity index (χ3n) is 8.03. The van der Waals surface area contributed by atoms with Crippen molar-refractivity contribution in [1.29, 1.82) is 0 Å². The van der Waals surface area contributed by atoms with Gasteiger partial charge < -0.3 is 23.9 Å². The van der Waals surface area contributed by atoms with Crippen molar-refractivity contribution in [2.45, 2.75) is 118 Å². The average molecular weight is 660 g/mol. The fourth-order valence-corrected chi connectivity index (χ4v) is 4.98. The molecule has 3 heterocycles. The average Bonchev–Trinajstić information content (AvgIpc) is 3.47. The zero-order valence-electron chi connectivity index (χ0n) is 28.7. The maximum atomic E-state index is 13.6. The van der Waals surface area contributed by atoms with Crippen LogP contribution in [0.15, 0.2) is 42.9 Å². The van der Waals surface area contributed by atoms with Crippen molar-refractivity contribution in [3.63, 3.8) is 0 Å². The fraction of sp³-hybridized carbons (Fsp3) is 0.611. The quantitative estimate of drug-likeness (QED) is 0.119. The van der Waals surface area contributed by atoms with Gasteiger partial charge in [0, 0.05) is 47.8 Å². The molecule has 0 saturated carbocycles. The van der Waals surface area contributed by atoms with E-state index in [-0.39, 0.29) is 18.3 Å². The van der Waals surface area contributed by atoms with Gasteiger partial charge in [0.05, 0.1) is 11.7 Å². The second kappa shape index (κ2) is 17.1. The molecule has 3 aromatic rings. The van der Waals surface area contributed by atoms with E-state index in [4.69, 9.17) is 9.47 Å². The number of carbonyl (C=O) groups is 1. The molecule has 0 saturated heterocycles. The van der Waals surface area contributed by atoms with E-state index >= 15 is 0 Å². The van der Waals surface area contributed by atoms with Gasteiger partial charge in [-0.15, -0.1) is 0 Å². The highest BCUT2D eigenvalue weighted by molar-refractivity contribution is 5.71. The van der Waals surface area contributed by atoms with Gasteiger partial charge in [0.1, 0.15) is 18.7 Å². The summed E-state index contributed by atoms with van der Waals surface area (Å²) in [6.45, 7) is 11.9. The number of pyridine rings is 2. The van der Waals surface area contributed by atoms with E-state index in [1.54, 1.807) is 31.2 Å². The number of rotatable bonds is 19. The van der Waals surface area contributed by atoms with E-state index < -0.39 is 29.5 Å². The smallest absolute Gasteiger partial charge is 0.434 e. The molecule has 8 nitrogen and oxygen atoms in total. The first-order valence-electron chi connectivity index (χ1n) is 16.6. The van der Waals surface area contributed by atoms with Crippen LogP contribution in [0.1, 0.15) is 118 Å². The molecule has 0 fully saturated rings. The van der Waals surface area contributed by atoms with Crippen molar-refractivity contribution < 1.29 is 32.5 Å². The molecule has 3 aromatic heterocycles. The van der Waals surface area contributed by atoms with Crippen LogP contribution in [0.25, 0.3) is 22.6 Å². The maximum absolute atomic E-state index is 13.6. The van der Waals surface area contributed by atoms with Crippen LogP contribution in [0.3, 0.4) is 0 Å². The van der Waals surface area contributed by atoms with E-state index in [2.05, 4.69) is 35.7 Å². The van der Waals surface area contributed by atoms with Crippen LogP contribution in [-0.2, 0) is 15.7 Å². The predicted octanol–water partition coefficient (Wildman–Crippen LogP) is 8.66. The number of halogens is 3. The van der Waals surface area contributed by atoms with Gasteiger partial charge in [-0.1, -0.05) is 86.0 Å². The summed E-state index contributed by atoms with van der Waals surface area (Å²) in [5.41, 5.74) is -0.153. The minimum atomic E-state index is -4.61. The Morgan fingerprint density at radius 1 is 0.851 bits per heavy atom. The molecule has 0 bridgehead atoms. The summed E-state index contributed by atoms with van der Waals surface area (Å²) < 4.78 is 53.8. The van der Waals surface area contributed by atoms with Gasteiger partial charge >= 0.3 is 6.18 Å². The number of nitrogens with zero attached hydrogens (tertiary/aromatic N) is 4. The first-order valence-corrected chi connectivity index (χ1v) is 16.6. The largest absolute Gasteiger partial charge is 0.549 e. The fourth-order valence-electron chi connectivity index (χ4n) is 4.98. The van der Waals surface area contributed by atoms with Gasteiger partial charge in [0.2, 0.25) is 5.88 Å². The van der Waals surface area contributed by atoms with Crippen LogP contribution < -0.4 is 9.84 Å². The van der Waals surface area contributed by atoms with E-state index in [9.17, 15) is 23.1 Å². The summed E-state index contributed by atoms with van der Waals surface area (Å²) in [6, 6.07) is 6.64. The summed E-state index contributed by atoms with van der Waals surface area (Å²) in [4.78, 5) is 23.7. The van der Waals surface area contributed by atoms with Crippen molar-refractivity contribution >= 4 is 5.97 Å². The lowest BCUT2D eigenvalue weighted by Gasteiger charge is -2.25. The molecule has 0 aliphatic rings. The Hall–Kier alpha value is -3.47. The highest BCUT2D eigenvalue weighted by atomic mass is 19.4. The minimum absolute atomic E-state index is 0.110. The normalized spacial score (nSPS) is 13.1. The number of unbranched alkanes of at least 4 members (excludes halogenated alkanes) is 8. The number of hydrogen-bond acceptors (Lipinski definition) is 7. The van der Waals surface area contributed by atoms with Crippen LogP contribution in [-0.4, -0.2) is 38.7 Å². The first-order chi connectivity index (χ1) is 22.1. The van der Waals surface area contributed by atoms with Crippen molar-refractivity contribution in [2.24, 2.45) is 10.8 Å². The van der Waals surface area contributed by atoms with Crippen molar-refractivity contribution in [3.8, 4) is 28.5 Å². The van der Waals surface area contributed by atoms with Gasteiger partial charge in [-0.3, -0.25) is 4.98 Å². The first kappa shape index (κ1) is 38.0. The number of hydrogen-bond donors (Lipinski definition) is 0. The number of alkyl halides is 3. The molecule has 0 spiro atoms. The van der Waals surface area contributed by atoms with Crippen LogP contribution >= 0.6 is 0 Å². The Kier molecular flexibility index (Phi) is 13.8. The van der Waals surface area contributed by atoms with E-state index in [0.29, 0.717) is 28.8 Å². The Labute approximate surface area is 277 Å². The molecule has 1 unspecified atom stereocenters. The predicted molar refractivity (Wildman–Crippen MR) is 174 cm³/mol. The molecule has 0 aliphatic heterocycles. The van der Waals surface area contributed by atoms with Crippen molar-refractivity contribution in [3.05, 3.63) is 48.5 Å². The van der Waals surface area contributed by atoms with Crippen LogP contribution in [0.2, 0.25) is 0 Å². The third-order valence-corrected chi connectivity index (χ3v) is 8.03. The Bertz CT molecular complexity index is 1380.